The fraction of sp³-hybridized carbons (Fsp3) is 0.280. The molecule has 3 aliphatic rings. The summed E-state index contributed by atoms with van der Waals surface area (Å²) in [5.41, 5.74) is 3.62. The van der Waals surface area contributed by atoms with Gasteiger partial charge in [-0.1, -0.05) is 42.1 Å². The lowest BCUT2D eigenvalue weighted by molar-refractivity contribution is -0.121. The molecule has 0 bridgehead atoms. The van der Waals surface area contributed by atoms with E-state index in [-0.39, 0.29) is 18.0 Å². The van der Waals surface area contributed by atoms with Crippen LogP contribution in [0.2, 0.25) is 0 Å². The topological polar surface area (TPSA) is 99.2 Å². The Bertz CT molecular complexity index is 1250. The van der Waals surface area contributed by atoms with Crippen molar-refractivity contribution in [2.75, 3.05) is 18.0 Å². The van der Waals surface area contributed by atoms with E-state index in [0.717, 1.165) is 53.3 Å². The monoisotopic (exact) mass is 472 g/mol. The molecule has 6 rings (SSSR count). The molecule has 34 heavy (non-hydrogen) atoms. The van der Waals surface area contributed by atoms with Gasteiger partial charge in [0.2, 0.25) is 5.91 Å². The minimum Gasteiger partial charge on any atom is -0.351 e. The van der Waals surface area contributed by atoms with Crippen molar-refractivity contribution >= 4 is 35.2 Å². The van der Waals surface area contributed by atoms with Crippen LogP contribution in [0.4, 0.5) is 16.3 Å². The van der Waals surface area contributed by atoms with Crippen molar-refractivity contribution in [3.05, 3.63) is 66.5 Å². The average molecular weight is 473 g/mol. The highest BCUT2D eigenvalue weighted by atomic mass is 32.2. The van der Waals surface area contributed by atoms with Crippen molar-refractivity contribution in [3.8, 4) is 11.1 Å². The van der Waals surface area contributed by atoms with Gasteiger partial charge >= 0.3 is 6.03 Å². The highest BCUT2D eigenvalue weighted by molar-refractivity contribution is 8.01. The molecule has 2 unspecified atom stereocenters. The number of thioether (sulfide) groups is 1. The molecule has 3 atom stereocenters. The minimum atomic E-state index is -0.458. The third-order valence-electron chi connectivity index (χ3n) is 6.49. The van der Waals surface area contributed by atoms with Gasteiger partial charge in [0.15, 0.2) is 0 Å². The fourth-order valence-corrected chi connectivity index (χ4v) is 6.10. The van der Waals surface area contributed by atoms with Gasteiger partial charge in [-0.3, -0.25) is 4.79 Å². The van der Waals surface area contributed by atoms with E-state index in [1.807, 2.05) is 48.5 Å². The third kappa shape index (κ3) is 3.70. The van der Waals surface area contributed by atoms with E-state index in [0.29, 0.717) is 5.82 Å². The van der Waals surface area contributed by atoms with Crippen LogP contribution in [0, 0.1) is 0 Å². The van der Waals surface area contributed by atoms with E-state index >= 15 is 0 Å². The summed E-state index contributed by atoms with van der Waals surface area (Å²) in [7, 11) is 0. The van der Waals surface area contributed by atoms with E-state index in [4.69, 9.17) is 0 Å². The van der Waals surface area contributed by atoms with E-state index in [1.54, 1.807) is 17.3 Å². The average Bonchev–Trinajstić information content (AvgIpc) is 3.25. The molecule has 1 saturated heterocycles. The summed E-state index contributed by atoms with van der Waals surface area (Å²) in [5.74, 6) is 0.461. The number of benzene rings is 1. The van der Waals surface area contributed by atoms with Crippen LogP contribution < -0.4 is 20.9 Å². The Balaban J connectivity index is 1.32. The quantitative estimate of drug-likeness (QED) is 0.538. The van der Waals surface area contributed by atoms with E-state index < -0.39 is 11.3 Å². The number of carbonyl (C=O) groups is 2. The lowest BCUT2D eigenvalue weighted by atomic mass is 9.99. The van der Waals surface area contributed by atoms with Crippen LogP contribution in [-0.2, 0) is 4.79 Å². The molecule has 5 heterocycles. The summed E-state index contributed by atoms with van der Waals surface area (Å²) in [5, 5.41) is 9.86. The van der Waals surface area contributed by atoms with Crippen LogP contribution in [0.3, 0.4) is 0 Å². The molecule has 172 valence electrons. The Morgan fingerprint density at radius 2 is 1.94 bits per heavy atom. The number of hydrogen-bond acceptors (Lipinski definition) is 6. The maximum atomic E-state index is 13.4. The summed E-state index contributed by atoms with van der Waals surface area (Å²) in [6, 6.07) is 15.0. The minimum absolute atomic E-state index is 0.0643. The van der Waals surface area contributed by atoms with Gasteiger partial charge in [-0.15, -0.1) is 0 Å². The predicted octanol–water partition coefficient (Wildman–Crippen LogP) is 3.39. The molecular weight excluding hydrogens is 448 g/mol. The molecule has 9 heteroatoms. The van der Waals surface area contributed by atoms with Gasteiger partial charge in [0, 0.05) is 30.5 Å². The largest absolute Gasteiger partial charge is 0.351 e. The second-order valence-electron chi connectivity index (χ2n) is 8.67. The molecule has 8 nitrogen and oxygen atoms in total. The molecule has 3 N–H and O–H groups in total. The van der Waals surface area contributed by atoms with Crippen LogP contribution in [0.25, 0.3) is 11.1 Å². The van der Waals surface area contributed by atoms with Crippen LogP contribution in [-0.4, -0.2) is 46.3 Å². The molecule has 3 aliphatic heterocycles. The van der Waals surface area contributed by atoms with E-state index in [9.17, 15) is 9.59 Å². The van der Waals surface area contributed by atoms with Gasteiger partial charge in [-0.05, 0) is 48.7 Å². The van der Waals surface area contributed by atoms with Gasteiger partial charge in [-0.2, -0.15) is 0 Å². The lowest BCUT2D eigenvalue weighted by Gasteiger charge is -2.34. The number of amides is 3. The summed E-state index contributed by atoms with van der Waals surface area (Å²) >= 11 is 1.41. The molecule has 2 aromatic heterocycles. The van der Waals surface area contributed by atoms with E-state index in [1.165, 1.54) is 11.8 Å². The first-order valence-corrected chi connectivity index (χ1v) is 12.4. The summed E-state index contributed by atoms with van der Waals surface area (Å²) in [6.07, 6.45) is 5.40. The highest BCUT2D eigenvalue weighted by Gasteiger charge is 2.47. The molecule has 1 fully saturated rings. The molecule has 0 spiro atoms. The van der Waals surface area contributed by atoms with Crippen molar-refractivity contribution in [2.45, 2.75) is 35.2 Å². The highest BCUT2D eigenvalue weighted by Crippen LogP contribution is 2.50. The predicted molar refractivity (Wildman–Crippen MR) is 131 cm³/mol. The number of aromatic nitrogens is 2. The van der Waals surface area contributed by atoms with Crippen LogP contribution in [0.1, 0.15) is 24.4 Å². The Morgan fingerprint density at radius 3 is 2.76 bits per heavy atom. The molecule has 0 radical (unpaired) electrons. The van der Waals surface area contributed by atoms with Crippen molar-refractivity contribution in [1.29, 1.82) is 0 Å². The Hall–Kier alpha value is -3.43. The number of carbonyl (C=O) groups excluding carboxylic acids is 2. The zero-order valence-corrected chi connectivity index (χ0v) is 19.2. The van der Waals surface area contributed by atoms with Gasteiger partial charge in [0.1, 0.15) is 16.1 Å². The van der Waals surface area contributed by atoms with Crippen LogP contribution in [0.15, 0.2) is 66.0 Å². The molecule has 1 aromatic carbocycles. The van der Waals surface area contributed by atoms with Crippen molar-refractivity contribution in [1.82, 2.24) is 25.9 Å². The Morgan fingerprint density at radius 1 is 1.09 bits per heavy atom. The summed E-state index contributed by atoms with van der Waals surface area (Å²) < 4.78 is 0. The van der Waals surface area contributed by atoms with Crippen molar-refractivity contribution in [3.63, 3.8) is 0 Å². The number of anilines is 2. The number of urea groups is 1. The zero-order chi connectivity index (χ0) is 23.1. The number of rotatable bonds is 4. The molecule has 0 saturated carbocycles. The molecule has 3 aromatic rings. The maximum Gasteiger partial charge on any atom is 0.328 e. The maximum absolute atomic E-state index is 13.4. The number of piperidine rings is 1. The second kappa shape index (κ2) is 8.73. The number of nitrogens with zero attached hydrogens (tertiary/aromatic N) is 3. The first-order chi connectivity index (χ1) is 16.7. The number of nitrogens with one attached hydrogen (secondary N) is 3. The summed E-state index contributed by atoms with van der Waals surface area (Å²) in [6.45, 7) is 1.76. The van der Waals surface area contributed by atoms with Crippen molar-refractivity contribution < 1.29 is 9.59 Å². The normalized spacial score (nSPS) is 23.2. The smallest absolute Gasteiger partial charge is 0.328 e. The van der Waals surface area contributed by atoms with E-state index in [2.05, 4.69) is 25.9 Å². The number of pyridine rings is 2. The fourth-order valence-electron chi connectivity index (χ4n) is 4.86. The van der Waals surface area contributed by atoms with Gasteiger partial charge in [-0.25, -0.2) is 19.7 Å². The molecule has 3 amide bonds. The summed E-state index contributed by atoms with van der Waals surface area (Å²) in [4.78, 5) is 37.1. The SMILES string of the molecule is O=C(NC1CCCNC1)[C@@H]1Sc2nccc3c2C1NC(=O)N3c1cc(-c2ccccc2)ccn1. The third-order valence-corrected chi connectivity index (χ3v) is 7.78. The first-order valence-electron chi connectivity index (χ1n) is 11.5. The standard InChI is InChI=1S/C25H24N6O2S/c32-23(29-17-7-4-10-26-14-17)22-21-20-18(9-12-28-24(20)34-22)31(25(33)30-21)19-13-16(8-11-27-19)15-5-2-1-3-6-15/h1-3,5-6,8-9,11-13,17,21-22,26H,4,7,10,14H2,(H,29,32)(H,30,33)/t17?,21?,22-/m1/s1. The zero-order valence-electron chi connectivity index (χ0n) is 18.4. The molecule has 0 aliphatic carbocycles. The Kier molecular flexibility index (Phi) is 5.43. The van der Waals surface area contributed by atoms with Crippen molar-refractivity contribution in [2.24, 2.45) is 0 Å². The molecular formula is C25H24N6O2S. The second-order valence-corrected chi connectivity index (χ2v) is 9.80. The van der Waals surface area contributed by atoms with Crippen LogP contribution >= 0.6 is 11.8 Å². The van der Waals surface area contributed by atoms with Gasteiger partial charge in [0.25, 0.3) is 0 Å². The van der Waals surface area contributed by atoms with Gasteiger partial charge in [0.05, 0.1) is 11.7 Å². The van der Waals surface area contributed by atoms with Crippen LogP contribution in [0.5, 0.6) is 0 Å². The number of hydrogen-bond donors (Lipinski definition) is 3. The lowest BCUT2D eigenvalue weighted by Crippen LogP contribution is -2.52. The first kappa shape index (κ1) is 21.1. The Labute approximate surface area is 201 Å². The van der Waals surface area contributed by atoms with Gasteiger partial charge < -0.3 is 16.0 Å².